The van der Waals surface area contributed by atoms with Gasteiger partial charge in [0, 0.05) is 89.3 Å². The van der Waals surface area contributed by atoms with Crippen LogP contribution in [-0.4, -0.2) is 149 Å². The molecular formula is C35H53N9O8. The van der Waals surface area contributed by atoms with E-state index in [1.165, 1.54) is 12.4 Å². The van der Waals surface area contributed by atoms with Gasteiger partial charge in [-0.25, -0.2) is 39.2 Å². The smallest absolute Gasteiger partial charge is 0.420 e. The monoisotopic (exact) mass is 727 g/mol. The Bertz CT molecular complexity index is 1450. The van der Waals surface area contributed by atoms with E-state index < -0.39 is 29.4 Å². The normalized spacial score (nSPS) is 15.6. The highest BCUT2D eigenvalue weighted by molar-refractivity contribution is 5.89. The molecule has 2 fully saturated rings. The third-order valence-corrected chi connectivity index (χ3v) is 7.99. The standard InChI is InChI=1S/C35H53N9O8/c1-8-50-29(46)27-23-38-31(39-24-27)42-12-10-40(11-13-42)18-20-49-19-9-28(45)41-14-16-43(17-15-41)30-36-21-26(22-37-30)25-44(32(47)51-34(2,3)4)33(48)52-35(5,6)7/h21-24H,8-20,25H2,1-7H3. The van der Waals surface area contributed by atoms with Gasteiger partial charge in [-0.1, -0.05) is 0 Å². The van der Waals surface area contributed by atoms with Gasteiger partial charge in [0.2, 0.25) is 17.8 Å². The molecule has 0 atom stereocenters. The van der Waals surface area contributed by atoms with Crippen molar-refractivity contribution in [3.8, 4) is 0 Å². The first-order chi connectivity index (χ1) is 24.6. The van der Waals surface area contributed by atoms with Crippen molar-refractivity contribution >= 4 is 36.0 Å². The molecule has 2 saturated heterocycles. The zero-order valence-corrected chi connectivity index (χ0v) is 31.5. The predicted molar refractivity (Wildman–Crippen MR) is 191 cm³/mol. The fourth-order valence-corrected chi connectivity index (χ4v) is 5.36. The van der Waals surface area contributed by atoms with Gasteiger partial charge in [0.1, 0.15) is 11.2 Å². The Morgan fingerprint density at radius 2 is 1.21 bits per heavy atom. The van der Waals surface area contributed by atoms with E-state index in [1.54, 1.807) is 60.9 Å². The molecule has 0 radical (unpaired) electrons. The summed E-state index contributed by atoms with van der Waals surface area (Å²) in [7, 11) is 0. The molecule has 17 nitrogen and oxygen atoms in total. The number of rotatable bonds is 12. The van der Waals surface area contributed by atoms with Crippen molar-refractivity contribution in [2.75, 3.05) is 88.5 Å². The number of piperazine rings is 2. The summed E-state index contributed by atoms with van der Waals surface area (Å²) in [5, 5.41) is 0. The highest BCUT2D eigenvalue weighted by Crippen LogP contribution is 2.18. The maximum Gasteiger partial charge on any atom is 0.420 e. The Balaban J connectivity index is 1.13. The van der Waals surface area contributed by atoms with E-state index in [0.717, 1.165) is 37.6 Å². The van der Waals surface area contributed by atoms with Gasteiger partial charge in [0.05, 0.1) is 38.3 Å². The summed E-state index contributed by atoms with van der Waals surface area (Å²) < 4.78 is 21.6. The third-order valence-electron chi connectivity index (χ3n) is 7.99. The van der Waals surface area contributed by atoms with Crippen LogP contribution in [-0.2, 0) is 30.3 Å². The van der Waals surface area contributed by atoms with Gasteiger partial charge >= 0.3 is 18.2 Å². The van der Waals surface area contributed by atoms with E-state index in [0.29, 0.717) is 75.4 Å². The van der Waals surface area contributed by atoms with Gasteiger partial charge in [-0.15, -0.1) is 0 Å². The number of nitrogens with zero attached hydrogens (tertiary/aromatic N) is 9. The number of esters is 1. The largest absolute Gasteiger partial charge is 0.462 e. The molecule has 2 aromatic rings. The van der Waals surface area contributed by atoms with E-state index in [9.17, 15) is 19.2 Å². The maximum absolute atomic E-state index is 12.9. The lowest BCUT2D eigenvalue weighted by atomic mass is 10.2. The summed E-state index contributed by atoms with van der Waals surface area (Å²) in [5.41, 5.74) is -0.725. The number of carbonyl (C=O) groups excluding carboxylic acids is 4. The lowest BCUT2D eigenvalue weighted by Gasteiger charge is -2.35. The molecule has 286 valence electrons. The van der Waals surface area contributed by atoms with Gasteiger partial charge in [-0.2, -0.15) is 0 Å². The Labute approximate surface area is 305 Å². The third kappa shape index (κ3) is 12.5. The highest BCUT2D eigenvalue weighted by Gasteiger charge is 2.32. The SMILES string of the molecule is CCOC(=O)c1cnc(N2CCN(CCOCCC(=O)N3CCN(c4ncc(CN(C(=O)OC(C)(C)C)C(=O)OC(C)(C)C)cn4)CC3)CC2)nc1. The van der Waals surface area contributed by atoms with E-state index in [4.69, 9.17) is 18.9 Å². The molecule has 0 bridgehead atoms. The van der Waals surface area contributed by atoms with Crippen molar-refractivity contribution in [3.63, 3.8) is 0 Å². The Kier molecular flexibility index (Phi) is 14.1. The second-order valence-corrected chi connectivity index (χ2v) is 14.5. The van der Waals surface area contributed by atoms with Crippen LogP contribution in [0.25, 0.3) is 0 Å². The van der Waals surface area contributed by atoms with Gasteiger partial charge in [-0.05, 0) is 48.5 Å². The molecule has 0 unspecified atom stereocenters. The van der Waals surface area contributed by atoms with Gasteiger partial charge in [-0.3, -0.25) is 9.69 Å². The maximum atomic E-state index is 12.9. The van der Waals surface area contributed by atoms with Crippen LogP contribution < -0.4 is 9.80 Å². The molecule has 0 spiro atoms. The number of carbonyl (C=O) groups is 4. The minimum absolute atomic E-state index is 0.0443. The molecule has 4 heterocycles. The van der Waals surface area contributed by atoms with Crippen molar-refractivity contribution in [3.05, 3.63) is 35.9 Å². The number of amides is 3. The molecule has 2 aliphatic rings. The van der Waals surface area contributed by atoms with Crippen LogP contribution >= 0.6 is 0 Å². The fourth-order valence-electron chi connectivity index (χ4n) is 5.36. The lowest BCUT2D eigenvalue weighted by molar-refractivity contribution is -0.132. The summed E-state index contributed by atoms with van der Waals surface area (Å²) in [6.07, 6.45) is 4.81. The van der Waals surface area contributed by atoms with E-state index in [2.05, 4.69) is 29.7 Å². The molecule has 2 aromatic heterocycles. The number of anilines is 2. The van der Waals surface area contributed by atoms with Crippen LogP contribution in [0.15, 0.2) is 24.8 Å². The quantitative estimate of drug-likeness (QED) is 0.177. The van der Waals surface area contributed by atoms with Gasteiger partial charge in [0.25, 0.3) is 0 Å². The molecule has 2 aliphatic heterocycles. The second-order valence-electron chi connectivity index (χ2n) is 14.5. The zero-order chi connectivity index (χ0) is 37.9. The second kappa shape index (κ2) is 18.2. The van der Waals surface area contributed by atoms with Crippen molar-refractivity contribution in [2.24, 2.45) is 0 Å². The summed E-state index contributed by atoms with van der Waals surface area (Å²) in [5.74, 6) is 0.710. The average molecular weight is 728 g/mol. The van der Waals surface area contributed by atoms with Crippen LogP contribution in [0.2, 0.25) is 0 Å². The molecule has 0 saturated carbocycles. The minimum atomic E-state index is -0.819. The van der Waals surface area contributed by atoms with Crippen LogP contribution in [0.4, 0.5) is 21.5 Å². The summed E-state index contributed by atoms with van der Waals surface area (Å²) in [6, 6.07) is 0. The molecule has 0 aromatic carbocycles. The fraction of sp³-hybridized carbons (Fsp3) is 0.657. The average Bonchev–Trinajstić information content (AvgIpc) is 3.09. The van der Waals surface area contributed by atoms with Gasteiger partial charge in [0.15, 0.2) is 0 Å². The first-order valence-corrected chi connectivity index (χ1v) is 17.7. The molecule has 17 heteroatoms. The number of ether oxygens (including phenoxy) is 4. The highest BCUT2D eigenvalue weighted by atomic mass is 16.6. The number of hydrogen-bond donors (Lipinski definition) is 0. The molecule has 0 N–H and O–H groups in total. The van der Waals surface area contributed by atoms with E-state index in [1.807, 2.05) is 9.80 Å². The van der Waals surface area contributed by atoms with Crippen LogP contribution in [0, 0.1) is 0 Å². The van der Waals surface area contributed by atoms with Crippen molar-refractivity contribution in [1.82, 2.24) is 34.6 Å². The van der Waals surface area contributed by atoms with Crippen LogP contribution in [0.3, 0.4) is 0 Å². The number of hydrogen-bond acceptors (Lipinski definition) is 15. The molecule has 0 aliphatic carbocycles. The van der Waals surface area contributed by atoms with E-state index in [-0.39, 0.29) is 12.5 Å². The number of imide groups is 1. The Morgan fingerprint density at radius 1 is 0.712 bits per heavy atom. The van der Waals surface area contributed by atoms with Crippen molar-refractivity contribution in [1.29, 1.82) is 0 Å². The van der Waals surface area contributed by atoms with Crippen LogP contribution in [0.5, 0.6) is 0 Å². The number of aromatic nitrogens is 4. The van der Waals surface area contributed by atoms with Gasteiger partial charge < -0.3 is 33.6 Å². The molecule has 52 heavy (non-hydrogen) atoms. The van der Waals surface area contributed by atoms with E-state index >= 15 is 0 Å². The Hall–Kier alpha value is -4.64. The topological polar surface area (TPSA) is 173 Å². The Morgan fingerprint density at radius 3 is 1.71 bits per heavy atom. The first kappa shape index (κ1) is 40.1. The van der Waals surface area contributed by atoms with Crippen molar-refractivity contribution < 1.29 is 38.1 Å². The molecule has 4 rings (SSSR count). The minimum Gasteiger partial charge on any atom is -0.462 e. The summed E-state index contributed by atoms with van der Waals surface area (Å²) >= 11 is 0. The van der Waals surface area contributed by atoms with Crippen molar-refractivity contribution in [2.45, 2.75) is 72.6 Å². The predicted octanol–water partition coefficient (Wildman–Crippen LogP) is 2.99. The molecule has 3 amide bonds. The summed E-state index contributed by atoms with van der Waals surface area (Å²) in [6.45, 7) is 19.3. The first-order valence-electron chi connectivity index (χ1n) is 17.7. The lowest BCUT2D eigenvalue weighted by Crippen LogP contribution is -2.49. The van der Waals surface area contributed by atoms with Crippen LogP contribution in [0.1, 0.15) is 70.8 Å². The zero-order valence-electron chi connectivity index (χ0n) is 31.5. The summed E-state index contributed by atoms with van der Waals surface area (Å²) in [4.78, 5) is 77.1. The molecular weight excluding hydrogens is 674 g/mol.